The molecule has 1 aromatic heterocycles. The number of carbonyl (C=O) groups is 1. The van der Waals surface area contributed by atoms with E-state index in [9.17, 15) is 4.79 Å². The van der Waals surface area contributed by atoms with E-state index in [0.717, 1.165) is 21.2 Å². The van der Waals surface area contributed by atoms with Gasteiger partial charge in [-0.15, -0.1) is 11.3 Å². The summed E-state index contributed by atoms with van der Waals surface area (Å²) >= 11 is 7.61. The second-order valence-electron chi connectivity index (χ2n) is 4.85. The van der Waals surface area contributed by atoms with Gasteiger partial charge in [-0.25, -0.2) is 4.98 Å². The molecule has 1 amide bonds. The highest BCUT2D eigenvalue weighted by atomic mass is 35.5. The molecule has 0 aliphatic carbocycles. The molecule has 0 radical (unpaired) electrons. The SMILES string of the molecule is COCC(N)C(=O)Nc1nc(C)c(Cc2ccccc2Cl)s1. The number of anilines is 1. The molecule has 0 bridgehead atoms. The van der Waals surface area contributed by atoms with Crippen molar-refractivity contribution in [3.63, 3.8) is 0 Å². The first-order chi connectivity index (χ1) is 10.5. The molecule has 0 fully saturated rings. The van der Waals surface area contributed by atoms with E-state index in [1.165, 1.54) is 18.4 Å². The van der Waals surface area contributed by atoms with Crippen LogP contribution in [0.3, 0.4) is 0 Å². The monoisotopic (exact) mass is 339 g/mol. The lowest BCUT2D eigenvalue weighted by Crippen LogP contribution is -2.39. The normalized spacial score (nSPS) is 12.2. The predicted octanol–water partition coefficient (Wildman–Crippen LogP) is 2.61. The summed E-state index contributed by atoms with van der Waals surface area (Å²) in [5, 5.41) is 3.98. The van der Waals surface area contributed by atoms with Crippen LogP contribution in [0, 0.1) is 6.92 Å². The summed E-state index contributed by atoms with van der Waals surface area (Å²) in [7, 11) is 1.50. The van der Waals surface area contributed by atoms with E-state index in [1.807, 2.05) is 31.2 Å². The molecule has 2 rings (SSSR count). The summed E-state index contributed by atoms with van der Waals surface area (Å²) < 4.78 is 4.87. The minimum atomic E-state index is -0.707. The van der Waals surface area contributed by atoms with Crippen LogP contribution in [-0.2, 0) is 16.0 Å². The molecule has 22 heavy (non-hydrogen) atoms. The van der Waals surface area contributed by atoms with Crippen molar-refractivity contribution in [2.24, 2.45) is 5.73 Å². The number of nitrogens with zero attached hydrogens (tertiary/aromatic N) is 1. The molecule has 1 unspecified atom stereocenters. The Hall–Kier alpha value is -1.47. The number of amides is 1. The zero-order valence-corrected chi connectivity index (χ0v) is 14.0. The third kappa shape index (κ3) is 4.27. The number of rotatable bonds is 6. The van der Waals surface area contributed by atoms with Gasteiger partial charge in [-0.05, 0) is 18.6 Å². The molecular weight excluding hydrogens is 322 g/mol. The van der Waals surface area contributed by atoms with Crippen LogP contribution in [0.15, 0.2) is 24.3 Å². The Balaban J connectivity index is 2.08. The first-order valence-corrected chi connectivity index (χ1v) is 7.95. The van der Waals surface area contributed by atoms with Crippen LogP contribution in [0.2, 0.25) is 5.02 Å². The second kappa shape index (κ2) is 7.69. The lowest BCUT2D eigenvalue weighted by atomic mass is 10.1. The number of nitrogens with one attached hydrogen (secondary N) is 1. The van der Waals surface area contributed by atoms with Gasteiger partial charge in [0, 0.05) is 23.4 Å². The average Bonchev–Trinajstić information content (AvgIpc) is 2.81. The van der Waals surface area contributed by atoms with Gasteiger partial charge < -0.3 is 15.8 Å². The van der Waals surface area contributed by atoms with Crippen molar-refractivity contribution < 1.29 is 9.53 Å². The number of methoxy groups -OCH3 is 1. The fourth-order valence-corrected chi connectivity index (χ4v) is 3.10. The van der Waals surface area contributed by atoms with E-state index in [0.29, 0.717) is 11.6 Å². The first kappa shape index (κ1) is 16.9. The zero-order valence-electron chi connectivity index (χ0n) is 12.4. The molecule has 2 aromatic rings. The minimum Gasteiger partial charge on any atom is -0.383 e. The number of ether oxygens (including phenoxy) is 1. The fraction of sp³-hybridized carbons (Fsp3) is 0.333. The molecule has 1 heterocycles. The number of nitrogens with two attached hydrogens (primary N) is 1. The summed E-state index contributed by atoms with van der Waals surface area (Å²) in [6, 6.07) is 6.98. The molecule has 0 aliphatic rings. The summed E-state index contributed by atoms with van der Waals surface area (Å²) in [6.07, 6.45) is 0.684. The Morgan fingerprint density at radius 1 is 1.50 bits per heavy atom. The molecule has 118 valence electrons. The van der Waals surface area contributed by atoms with Crippen molar-refractivity contribution in [2.45, 2.75) is 19.4 Å². The van der Waals surface area contributed by atoms with E-state index in [-0.39, 0.29) is 12.5 Å². The number of benzene rings is 1. The number of hydrogen-bond acceptors (Lipinski definition) is 5. The van der Waals surface area contributed by atoms with E-state index in [1.54, 1.807) is 0 Å². The highest BCUT2D eigenvalue weighted by Crippen LogP contribution is 2.27. The van der Waals surface area contributed by atoms with Gasteiger partial charge in [0.1, 0.15) is 6.04 Å². The van der Waals surface area contributed by atoms with E-state index in [2.05, 4.69) is 10.3 Å². The van der Waals surface area contributed by atoms with Gasteiger partial charge in [-0.3, -0.25) is 4.79 Å². The van der Waals surface area contributed by atoms with Gasteiger partial charge in [0.2, 0.25) is 5.91 Å². The lowest BCUT2D eigenvalue weighted by molar-refractivity contribution is -0.118. The summed E-state index contributed by atoms with van der Waals surface area (Å²) in [6.45, 7) is 2.08. The number of aryl methyl sites for hydroxylation is 1. The smallest absolute Gasteiger partial charge is 0.245 e. The third-order valence-corrected chi connectivity index (χ3v) is 4.56. The average molecular weight is 340 g/mol. The van der Waals surface area contributed by atoms with Crippen molar-refractivity contribution >= 4 is 34.0 Å². The molecule has 0 saturated carbocycles. The number of hydrogen-bond donors (Lipinski definition) is 2. The minimum absolute atomic E-state index is 0.169. The van der Waals surface area contributed by atoms with Gasteiger partial charge in [-0.2, -0.15) is 0 Å². The van der Waals surface area contributed by atoms with E-state index < -0.39 is 6.04 Å². The Kier molecular flexibility index (Phi) is 5.90. The van der Waals surface area contributed by atoms with Crippen molar-refractivity contribution in [1.82, 2.24) is 4.98 Å². The number of thiazole rings is 1. The lowest BCUT2D eigenvalue weighted by Gasteiger charge is -2.08. The molecule has 1 atom stereocenters. The van der Waals surface area contributed by atoms with Crippen LogP contribution in [0.1, 0.15) is 16.1 Å². The van der Waals surface area contributed by atoms with Crippen LogP contribution in [-0.4, -0.2) is 30.6 Å². The second-order valence-corrected chi connectivity index (χ2v) is 6.34. The van der Waals surface area contributed by atoms with Crippen molar-refractivity contribution in [3.05, 3.63) is 45.4 Å². The van der Waals surface area contributed by atoms with Crippen LogP contribution >= 0.6 is 22.9 Å². The summed E-state index contributed by atoms with van der Waals surface area (Å²) in [5.41, 5.74) is 7.59. The van der Waals surface area contributed by atoms with Crippen LogP contribution in [0.5, 0.6) is 0 Å². The van der Waals surface area contributed by atoms with E-state index >= 15 is 0 Å². The molecule has 7 heteroatoms. The third-order valence-electron chi connectivity index (χ3n) is 3.11. The van der Waals surface area contributed by atoms with Gasteiger partial charge in [0.05, 0.1) is 12.3 Å². The first-order valence-electron chi connectivity index (χ1n) is 6.76. The Bertz CT molecular complexity index is 660. The maximum absolute atomic E-state index is 11.9. The van der Waals surface area contributed by atoms with E-state index in [4.69, 9.17) is 22.1 Å². The van der Waals surface area contributed by atoms with Gasteiger partial charge in [0.15, 0.2) is 5.13 Å². The molecule has 0 aliphatic heterocycles. The Labute approximate surface area is 138 Å². The summed E-state index contributed by atoms with van der Waals surface area (Å²) in [4.78, 5) is 17.3. The van der Waals surface area contributed by atoms with Crippen LogP contribution in [0.4, 0.5) is 5.13 Å². The Morgan fingerprint density at radius 3 is 2.91 bits per heavy atom. The number of halogens is 1. The van der Waals surface area contributed by atoms with Crippen molar-refractivity contribution in [1.29, 1.82) is 0 Å². The van der Waals surface area contributed by atoms with Crippen molar-refractivity contribution in [3.8, 4) is 0 Å². The molecule has 0 spiro atoms. The number of carbonyl (C=O) groups excluding carboxylic acids is 1. The maximum Gasteiger partial charge on any atom is 0.245 e. The molecule has 1 aromatic carbocycles. The molecule has 0 saturated heterocycles. The summed E-state index contributed by atoms with van der Waals surface area (Å²) in [5.74, 6) is -0.306. The van der Waals surface area contributed by atoms with Crippen LogP contribution < -0.4 is 11.1 Å². The van der Waals surface area contributed by atoms with Gasteiger partial charge >= 0.3 is 0 Å². The zero-order chi connectivity index (χ0) is 16.1. The number of aromatic nitrogens is 1. The van der Waals surface area contributed by atoms with Crippen LogP contribution in [0.25, 0.3) is 0 Å². The fourth-order valence-electron chi connectivity index (χ4n) is 1.91. The van der Waals surface area contributed by atoms with Gasteiger partial charge in [0.25, 0.3) is 0 Å². The highest BCUT2D eigenvalue weighted by Gasteiger charge is 2.16. The van der Waals surface area contributed by atoms with Gasteiger partial charge in [-0.1, -0.05) is 29.8 Å². The highest BCUT2D eigenvalue weighted by molar-refractivity contribution is 7.15. The van der Waals surface area contributed by atoms with Crippen molar-refractivity contribution in [2.75, 3.05) is 19.0 Å². The topological polar surface area (TPSA) is 77.2 Å². The largest absolute Gasteiger partial charge is 0.383 e. The molecule has 3 N–H and O–H groups in total. The quantitative estimate of drug-likeness (QED) is 0.848. The molecular formula is C15H18ClN3O2S. The standard InChI is InChI=1S/C15H18ClN3O2S/c1-9-13(7-10-5-3-4-6-11(10)16)22-15(18-9)19-14(20)12(17)8-21-2/h3-6,12H,7-8,17H2,1-2H3,(H,18,19,20). The predicted molar refractivity (Wildman–Crippen MR) is 89.6 cm³/mol. The maximum atomic E-state index is 11.9. The Morgan fingerprint density at radius 2 is 2.23 bits per heavy atom. The molecule has 5 nitrogen and oxygen atoms in total.